The lowest BCUT2D eigenvalue weighted by Crippen LogP contribution is -2.38. The number of nitrogen functional groups attached to an aromatic ring is 1. The molecule has 3 rings (SSSR count). The summed E-state index contributed by atoms with van der Waals surface area (Å²) in [4.78, 5) is 36.9. The van der Waals surface area contributed by atoms with Crippen LogP contribution < -0.4 is 11.1 Å². The van der Waals surface area contributed by atoms with Crippen LogP contribution in [0, 0.1) is 5.92 Å². The molecule has 1 heterocycles. The predicted octanol–water partition coefficient (Wildman–Crippen LogP) is 0.391. The third kappa shape index (κ3) is 2.03. The van der Waals surface area contributed by atoms with Crippen molar-refractivity contribution in [1.29, 1.82) is 0 Å². The highest BCUT2D eigenvalue weighted by atomic mass is 16.2. The summed E-state index contributed by atoms with van der Waals surface area (Å²) in [6.45, 7) is 0.449. The quantitative estimate of drug-likeness (QED) is 0.613. The summed E-state index contributed by atoms with van der Waals surface area (Å²) in [5.74, 6) is -0.615. The van der Waals surface area contributed by atoms with E-state index in [0.29, 0.717) is 11.3 Å². The molecule has 1 aliphatic carbocycles. The van der Waals surface area contributed by atoms with Gasteiger partial charge in [0.15, 0.2) is 0 Å². The molecule has 6 nitrogen and oxygen atoms in total. The molecule has 2 aliphatic rings. The largest absolute Gasteiger partial charge is 0.398 e. The molecule has 0 unspecified atom stereocenters. The zero-order valence-electron chi connectivity index (χ0n) is 10.9. The summed E-state index contributed by atoms with van der Waals surface area (Å²) in [5.41, 5.74) is 6.66. The highest BCUT2D eigenvalue weighted by Gasteiger charge is 2.37. The van der Waals surface area contributed by atoms with Crippen molar-refractivity contribution >= 4 is 23.4 Å². The number of nitrogens with two attached hydrogens (primary N) is 1. The van der Waals surface area contributed by atoms with Crippen molar-refractivity contribution in [2.24, 2.45) is 5.92 Å². The van der Waals surface area contributed by atoms with Crippen LogP contribution in [0.4, 0.5) is 5.69 Å². The highest BCUT2D eigenvalue weighted by molar-refractivity contribution is 6.23. The first-order valence-corrected chi connectivity index (χ1v) is 6.62. The fraction of sp³-hybridized carbons (Fsp3) is 0.357. The molecule has 104 valence electrons. The van der Waals surface area contributed by atoms with Gasteiger partial charge in [0.1, 0.15) is 0 Å². The SMILES string of the molecule is Nc1cccc2c1C(=O)N(CCNC(=O)C1CC1)C2=O. The summed E-state index contributed by atoms with van der Waals surface area (Å²) in [6.07, 6.45) is 1.85. The van der Waals surface area contributed by atoms with Crippen LogP contribution in [0.1, 0.15) is 33.6 Å². The molecule has 3 amide bonds. The summed E-state index contributed by atoms with van der Waals surface area (Å²) in [5, 5.41) is 2.74. The monoisotopic (exact) mass is 273 g/mol. The van der Waals surface area contributed by atoms with Gasteiger partial charge in [-0.15, -0.1) is 0 Å². The van der Waals surface area contributed by atoms with Crippen molar-refractivity contribution in [3.63, 3.8) is 0 Å². The van der Waals surface area contributed by atoms with E-state index in [0.717, 1.165) is 17.7 Å². The summed E-state index contributed by atoms with van der Waals surface area (Å²) in [7, 11) is 0. The van der Waals surface area contributed by atoms with E-state index in [1.165, 1.54) is 0 Å². The Kier molecular flexibility index (Phi) is 2.93. The van der Waals surface area contributed by atoms with Gasteiger partial charge < -0.3 is 11.1 Å². The second-order valence-corrected chi connectivity index (χ2v) is 5.10. The zero-order chi connectivity index (χ0) is 14.3. The number of amides is 3. The molecule has 1 fully saturated rings. The van der Waals surface area contributed by atoms with E-state index in [4.69, 9.17) is 5.73 Å². The maximum atomic E-state index is 12.2. The smallest absolute Gasteiger partial charge is 0.263 e. The molecular formula is C14H15N3O3. The molecule has 0 radical (unpaired) electrons. The minimum absolute atomic E-state index is 0.00104. The molecule has 6 heteroatoms. The van der Waals surface area contributed by atoms with Gasteiger partial charge in [0.25, 0.3) is 11.8 Å². The third-order valence-electron chi connectivity index (χ3n) is 3.61. The van der Waals surface area contributed by atoms with Crippen molar-refractivity contribution in [2.45, 2.75) is 12.8 Å². The Labute approximate surface area is 115 Å². The van der Waals surface area contributed by atoms with Crippen molar-refractivity contribution in [1.82, 2.24) is 10.2 Å². The van der Waals surface area contributed by atoms with Crippen molar-refractivity contribution in [2.75, 3.05) is 18.8 Å². The lowest BCUT2D eigenvalue weighted by molar-refractivity contribution is -0.122. The fourth-order valence-electron chi connectivity index (χ4n) is 2.34. The third-order valence-corrected chi connectivity index (χ3v) is 3.61. The maximum Gasteiger partial charge on any atom is 0.263 e. The van der Waals surface area contributed by atoms with Crippen LogP contribution in [-0.2, 0) is 4.79 Å². The Morgan fingerprint density at radius 2 is 2.05 bits per heavy atom. The van der Waals surface area contributed by atoms with Gasteiger partial charge in [0, 0.05) is 24.7 Å². The van der Waals surface area contributed by atoms with Crippen LogP contribution in [0.5, 0.6) is 0 Å². The van der Waals surface area contributed by atoms with Gasteiger partial charge in [-0.2, -0.15) is 0 Å². The molecule has 3 N–H and O–H groups in total. The van der Waals surface area contributed by atoms with Gasteiger partial charge in [-0.25, -0.2) is 0 Å². The average Bonchev–Trinajstić information content (AvgIpc) is 3.23. The molecule has 1 aliphatic heterocycles. The Bertz CT molecular complexity index is 608. The maximum absolute atomic E-state index is 12.2. The Morgan fingerprint density at radius 3 is 2.70 bits per heavy atom. The van der Waals surface area contributed by atoms with E-state index in [2.05, 4.69) is 5.32 Å². The second kappa shape index (κ2) is 4.63. The van der Waals surface area contributed by atoms with Crippen LogP contribution in [0.15, 0.2) is 18.2 Å². The summed E-state index contributed by atoms with van der Waals surface area (Å²) in [6, 6.07) is 4.84. The van der Waals surface area contributed by atoms with E-state index < -0.39 is 0 Å². The Balaban J connectivity index is 1.67. The van der Waals surface area contributed by atoms with Crippen molar-refractivity contribution < 1.29 is 14.4 Å². The summed E-state index contributed by atoms with van der Waals surface area (Å²) < 4.78 is 0. The van der Waals surface area contributed by atoms with Crippen LogP contribution >= 0.6 is 0 Å². The van der Waals surface area contributed by atoms with Crippen LogP contribution in [0.3, 0.4) is 0 Å². The molecule has 1 aromatic rings. The number of nitrogens with one attached hydrogen (secondary N) is 1. The first kappa shape index (κ1) is 12.7. The standard InChI is InChI=1S/C14H15N3O3/c15-10-3-1-2-9-11(10)14(20)17(13(9)19)7-6-16-12(18)8-4-5-8/h1-3,8H,4-7,15H2,(H,16,18). The molecule has 0 saturated heterocycles. The molecule has 0 bridgehead atoms. The van der Waals surface area contributed by atoms with Gasteiger partial charge in [0.2, 0.25) is 5.91 Å². The summed E-state index contributed by atoms with van der Waals surface area (Å²) >= 11 is 0. The van der Waals surface area contributed by atoms with Gasteiger partial charge in [0.05, 0.1) is 11.1 Å². The Morgan fingerprint density at radius 1 is 1.30 bits per heavy atom. The van der Waals surface area contributed by atoms with Crippen molar-refractivity contribution in [3.05, 3.63) is 29.3 Å². The number of carbonyl (C=O) groups is 3. The minimum Gasteiger partial charge on any atom is -0.398 e. The number of hydrogen-bond acceptors (Lipinski definition) is 4. The first-order chi connectivity index (χ1) is 9.59. The van der Waals surface area contributed by atoms with E-state index in [1.807, 2.05) is 0 Å². The molecule has 1 aromatic carbocycles. The van der Waals surface area contributed by atoms with Gasteiger partial charge in [-0.1, -0.05) is 6.07 Å². The number of hydrogen-bond donors (Lipinski definition) is 2. The molecule has 0 spiro atoms. The van der Waals surface area contributed by atoms with Gasteiger partial charge in [-0.3, -0.25) is 19.3 Å². The highest BCUT2D eigenvalue weighted by Crippen LogP contribution is 2.29. The number of fused-ring (bicyclic) bond motifs is 1. The number of anilines is 1. The minimum atomic E-state index is -0.385. The number of rotatable bonds is 4. The lowest BCUT2D eigenvalue weighted by Gasteiger charge is -2.14. The predicted molar refractivity (Wildman–Crippen MR) is 72.0 cm³/mol. The van der Waals surface area contributed by atoms with Crippen LogP contribution in [-0.4, -0.2) is 35.7 Å². The van der Waals surface area contributed by atoms with E-state index in [-0.39, 0.29) is 42.3 Å². The van der Waals surface area contributed by atoms with Crippen molar-refractivity contribution in [3.8, 4) is 0 Å². The number of nitrogens with zero attached hydrogens (tertiary/aromatic N) is 1. The number of carbonyl (C=O) groups excluding carboxylic acids is 3. The average molecular weight is 273 g/mol. The second-order valence-electron chi connectivity index (χ2n) is 5.10. The Hall–Kier alpha value is -2.37. The first-order valence-electron chi connectivity index (χ1n) is 6.62. The van der Waals surface area contributed by atoms with E-state index in [9.17, 15) is 14.4 Å². The van der Waals surface area contributed by atoms with E-state index in [1.54, 1.807) is 18.2 Å². The lowest BCUT2D eigenvalue weighted by atomic mass is 10.1. The van der Waals surface area contributed by atoms with Crippen LogP contribution in [0.25, 0.3) is 0 Å². The topological polar surface area (TPSA) is 92.5 Å². The zero-order valence-corrected chi connectivity index (χ0v) is 10.9. The van der Waals surface area contributed by atoms with E-state index >= 15 is 0 Å². The molecular weight excluding hydrogens is 258 g/mol. The molecule has 1 saturated carbocycles. The van der Waals surface area contributed by atoms with Gasteiger partial charge in [-0.05, 0) is 25.0 Å². The molecule has 20 heavy (non-hydrogen) atoms. The fourth-order valence-corrected chi connectivity index (χ4v) is 2.34. The number of imide groups is 1. The van der Waals surface area contributed by atoms with Gasteiger partial charge >= 0.3 is 0 Å². The molecule has 0 atom stereocenters. The van der Waals surface area contributed by atoms with Crippen LogP contribution in [0.2, 0.25) is 0 Å². The molecule has 0 aromatic heterocycles. The normalized spacial score (nSPS) is 17.3. The number of benzene rings is 1.